The van der Waals surface area contributed by atoms with Gasteiger partial charge in [-0.15, -0.1) is 0 Å². The van der Waals surface area contributed by atoms with Crippen LogP contribution in [0.5, 0.6) is 0 Å². The van der Waals surface area contributed by atoms with E-state index in [-0.39, 0.29) is 5.82 Å². The summed E-state index contributed by atoms with van der Waals surface area (Å²) in [4.78, 5) is 7.90. The molecule has 25 heavy (non-hydrogen) atoms. The van der Waals surface area contributed by atoms with Crippen LogP contribution in [0.25, 0.3) is 0 Å². The molecule has 0 aromatic heterocycles. The first-order chi connectivity index (χ1) is 12.2. The van der Waals surface area contributed by atoms with Gasteiger partial charge in [0, 0.05) is 30.2 Å². The third-order valence-electron chi connectivity index (χ3n) is 5.49. The maximum Gasteiger partial charge on any atom is 0.123 e. The monoisotopic (exact) mass is 456 g/mol. The lowest BCUT2D eigenvalue weighted by Gasteiger charge is -2.42. The standard InChI is InChI=1S/C20H26FIN2O/c1-3-18(23-25-2)20-17(14-5-7-15(21)8-6-14)13-16-9-10-19(20)24(16)12-4-11-22/h4-8,11,16-17,19,23H,3,9-10,12-13H2,1-2H3/t16?,17-,19?/m1/s1. The molecular formula is C20H26FIN2O. The predicted molar refractivity (Wildman–Crippen MR) is 108 cm³/mol. The van der Waals surface area contributed by atoms with Crippen LogP contribution in [0, 0.1) is 5.82 Å². The Bertz CT molecular complexity index is 644. The van der Waals surface area contributed by atoms with Crippen molar-refractivity contribution in [1.29, 1.82) is 0 Å². The fourth-order valence-electron chi connectivity index (χ4n) is 4.47. The maximum absolute atomic E-state index is 13.4. The van der Waals surface area contributed by atoms with Crippen LogP contribution in [-0.2, 0) is 4.84 Å². The van der Waals surface area contributed by atoms with Gasteiger partial charge in [0.15, 0.2) is 0 Å². The van der Waals surface area contributed by atoms with E-state index in [2.05, 4.69) is 50.1 Å². The molecule has 2 heterocycles. The molecule has 2 fully saturated rings. The normalized spacial score (nSPS) is 28.6. The number of halogens is 2. The molecule has 2 aliphatic heterocycles. The lowest BCUT2D eigenvalue weighted by atomic mass is 9.79. The molecule has 136 valence electrons. The van der Waals surface area contributed by atoms with Crippen molar-refractivity contribution in [3.05, 3.63) is 57.1 Å². The van der Waals surface area contributed by atoms with Crippen molar-refractivity contribution in [3.8, 4) is 0 Å². The van der Waals surface area contributed by atoms with Crippen LogP contribution in [-0.4, -0.2) is 30.6 Å². The Kier molecular flexibility index (Phi) is 6.52. The molecular weight excluding hydrogens is 430 g/mol. The summed E-state index contributed by atoms with van der Waals surface area (Å²) in [5.74, 6) is 0.156. The number of hydrogen-bond acceptors (Lipinski definition) is 3. The van der Waals surface area contributed by atoms with Crippen molar-refractivity contribution >= 4 is 22.6 Å². The number of piperidine rings is 1. The van der Waals surface area contributed by atoms with Gasteiger partial charge < -0.3 is 0 Å². The lowest BCUT2D eigenvalue weighted by molar-refractivity contribution is 0.109. The van der Waals surface area contributed by atoms with Crippen LogP contribution in [0.4, 0.5) is 4.39 Å². The molecule has 0 saturated carbocycles. The summed E-state index contributed by atoms with van der Waals surface area (Å²) in [6, 6.07) is 8.07. The molecule has 0 amide bonds. The smallest absolute Gasteiger partial charge is 0.123 e. The van der Waals surface area contributed by atoms with Gasteiger partial charge in [-0.3, -0.25) is 15.2 Å². The second-order valence-corrected chi connectivity index (χ2v) is 7.46. The van der Waals surface area contributed by atoms with Crippen LogP contribution < -0.4 is 5.48 Å². The Hall–Kier alpha value is -0.920. The molecule has 1 aromatic carbocycles. The number of nitrogens with zero attached hydrogens (tertiary/aromatic N) is 1. The van der Waals surface area contributed by atoms with Gasteiger partial charge in [-0.25, -0.2) is 4.39 Å². The summed E-state index contributed by atoms with van der Waals surface area (Å²) in [6.07, 6.45) is 6.63. The molecule has 0 spiro atoms. The SMILES string of the molecule is CCC(NOC)=C1C2CCC(C[C@@H]1c1ccc(F)cc1)N2CC=CI. The van der Waals surface area contributed by atoms with E-state index in [1.807, 2.05) is 12.1 Å². The summed E-state index contributed by atoms with van der Waals surface area (Å²) in [5, 5.41) is 0. The average molecular weight is 456 g/mol. The summed E-state index contributed by atoms with van der Waals surface area (Å²) in [6.45, 7) is 3.15. The van der Waals surface area contributed by atoms with E-state index in [1.165, 1.54) is 29.7 Å². The lowest BCUT2D eigenvalue weighted by Crippen LogP contribution is -2.45. The number of allylic oxidation sites excluding steroid dienone is 1. The molecule has 2 aliphatic rings. The van der Waals surface area contributed by atoms with Crippen LogP contribution in [0.2, 0.25) is 0 Å². The van der Waals surface area contributed by atoms with Crippen molar-refractivity contribution < 1.29 is 9.23 Å². The molecule has 3 atom stereocenters. The third-order valence-corrected chi connectivity index (χ3v) is 6.00. The second-order valence-electron chi connectivity index (χ2n) is 6.74. The van der Waals surface area contributed by atoms with Gasteiger partial charge in [-0.05, 0) is 53.0 Å². The maximum atomic E-state index is 13.4. The van der Waals surface area contributed by atoms with Gasteiger partial charge in [-0.2, -0.15) is 0 Å². The number of hydrogen-bond donors (Lipinski definition) is 1. The van der Waals surface area contributed by atoms with Crippen molar-refractivity contribution in [3.63, 3.8) is 0 Å². The summed E-state index contributed by atoms with van der Waals surface area (Å²) >= 11 is 2.29. The minimum Gasteiger partial charge on any atom is -0.290 e. The van der Waals surface area contributed by atoms with Gasteiger partial charge >= 0.3 is 0 Å². The van der Waals surface area contributed by atoms with Gasteiger partial charge in [0.1, 0.15) is 5.82 Å². The molecule has 2 unspecified atom stereocenters. The van der Waals surface area contributed by atoms with E-state index in [1.54, 1.807) is 19.2 Å². The van der Waals surface area contributed by atoms with Crippen molar-refractivity contribution in [2.75, 3.05) is 13.7 Å². The van der Waals surface area contributed by atoms with E-state index in [0.717, 1.165) is 19.4 Å². The van der Waals surface area contributed by atoms with Crippen LogP contribution in [0.1, 0.15) is 44.1 Å². The van der Waals surface area contributed by atoms with Gasteiger partial charge in [0.2, 0.25) is 0 Å². The Morgan fingerprint density at radius 3 is 2.76 bits per heavy atom. The van der Waals surface area contributed by atoms with Crippen LogP contribution in [0.15, 0.2) is 45.7 Å². The Labute approximate surface area is 163 Å². The highest BCUT2D eigenvalue weighted by molar-refractivity contribution is 14.1. The number of hydroxylamine groups is 1. The number of fused-ring (bicyclic) bond motifs is 2. The average Bonchev–Trinajstić information content (AvgIpc) is 2.91. The van der Waals surface area contributed by atoms with Crippen molar-refractivity contribution in [2.45, 2.75) is 50.6 Å². The highest BCUT2D eigenvalue weighted by atomic mass is 127. The zero-order valence-corrected chi connectivity index (χ0v) is 17.0. The zero-order chi connectivity index (χ0) is 17.8. The fourth-order valence-corrected chi connectivity index (χ4v) is 4.70. The largest absolute Gasteiger partial charge is 0.290 e. The summed E-state index contributed by atoms with van der Waals surface area (Å²) < 4.78 is 15.5. The fraction of sp³-hybridized carbons (Fsp3) is 0.500. The highest BCUT2D eigenvalue weighted by Crippen LogP contribution is 2.47. The van der Waals surface area contributed by atoms with E-state index in [4.69, 9.17) is 4.84 Å². The first-order valence-corrected chi connectivity index (χ1v) is 10.2. The molecule has 1 N–H and O–H groups in total. The van der Waals surface area contributed by atoms with Crippen molar-refractivity contribution in [1.82, 2.24) is 10.4 Å². The number of nitrogens with one attached hydrogen (secondary N) is 1. The molecule has 2 saturated heterocycles. The molecule has 0 aliphatic carbocycles. The van der Waals surface area contributed by atoms with Crippen molar-refractivity contribution in [2.24, 2.45) is 0 Å². The molecule has 3 nitrogen and oxygen atoms in total. The van der Waals surface area contributed by atoms with E-state index >= 15 is 0 Å². The Morgan fingerprint density at radius 2 is 2.12 bits per heavy atom. The molecule has 3 rings (SSSR count). The van der Waals surface area contributed by atoms with E-state index < -0.39 is 0 Å². The number of rotatable bonds is 6. The highest BCUT2D eigenvalue weighted by Gasteiger charge is 2.44. The summed E-state index contributed by atoms with van der Waals surface area (Å²) in [7, 11) is 1.67. The van der Waals surface area contributed by atoms with Crippen LogP contribution in [0.3, 0.4) is 0 Å². The minimum absolute atomic E-state index is 0.174. The first-order valence-electron chi connectivity index (χ1n) is 8.97. The predicted octanol–water partition coefficient (Wildman–Crippen LogP) is 4.91. The Balaban J connectivity index is 2.01. The minimum atomic E-state index is -0.174. The Morgan fingerprint density at radius 1 is 1.36 bits per heavy atom. The van der Waals surface area contributed by atoms with Gasteiger partial charge in [0.25, 0.3) is 0 Å². The second kappa shape index (κ2) is 8.64. The third kappa shape index (κ3) is 3.93. The molecule has 0 radical (unpaired) electrons. The topological polar surface area (TPSA) is 24.5 Å². The van der Waals surface area contributed by atoms with Gasteiger partial charge in [0.05, 0.1) is 7.11 Å². The zero-order valence-electron chi connectivity index (χ0n) is 14.8. The number of benzene rings is 1. The van der Waals surface area contributed by atoms with Gasteiger partial charge in [-0.1, -0.05) is 47.7 Å². The molecule has 5 heteroatoms. The van der Waals surface area contributed by atoms with E-state index in [9.17, 15) is 4.39 Å². The molecule has 1 aromatic rings. The van der Waals surface area contributed by atoms with Crippen LogP contribution >= 0.6 is 22.6 Å². The first kappa shape index (κ1) is 18.9. The molecule has 2 bridgehead atoms. The summed E-state index contributed by atoms with van der Waals surface area (Å²) in [5.41, 5.74) is 6.94. The quantitative estimate of drug-likeness (QED) is 0.487. The van der Waals surface area contributed by atoms with E-state index in [0.29, 0.717) is 18.0 Å².